The Balaban J connectivity index is 1.77. The van der Waals surface area contributed by atoms with E-state index in [1.807, 2.05) is 0 Å². The number of nitrogens with zero attached hydrogens (tertiary/aromatic N) is 1. The topological polar surface area (TPSA) is 109 Å². The molecule has 2 aliphatic heterocycles. The van der Waals surface area contributed by atoms with Crippen LogP contribution in [0.25, 0.3) is 0 Å². The van der Waals surface area contributed by atoms with E-state index in [1.54, 1.807) is 36.4 Å². The van der Waals surface area contributed by atoms with Crippen LogP contribution in [0.1, 0.15) is 33.4 Å². The number of carbonyl (C=O) groups excluding carboxylic acids is 1. The summed E-state index contributed by atoms with van der Waals surface area (Å²) in [6, 6.07) is 15.0. The van der Waals surface area contributed by atoms with Gasteiger partial charge in [-0.1, -0.05) is 24.3 Å². The zero-order valence-electron chi connectivity index (χ0n) is 15.6. The Kier molecular flexibility index (Phi) is 4.92. The van der Waals surface area contributed by atoms with Crippen molar-refractivity contribution in [3.8, 4) is 6.07 Å². The molecule has 2 aromatic rings. The molecule has 148 valence electrons. The maximum atomic E-state index is 13.4. The Bertz CT molecular complexity index is 998. The van der Waals surface area contributed by atoms with Crippen molar-refractivity contribution in [3.05, 3.63) is 82.5 Å². The first kappa shape index (κ1) is 18.9. The Morgan fingerprint density at radius 1 is 1.14 bits per heavy atom. The molecule has 29 heavy (non-hydrogen) atoms. The maximum Gasteiger partial charge on any atom is 0.337 e. The molecule has 0 amide bonds. The molecule has 2 aliphatic rings. The van der Waals surface area contributed by atoms with E-state index < -0.39 is 12.2 Å². The van der Waals surface area contributed by atoms with Gasteiger partial charge in [0.25, 0.3) is 0 Å². The van der Waals surface area contributed by atoms with Crippen molar-refractivity contribution in [1.82, 2.24) is 10.9 Å². The lowest BCUT2D eigenvalue weighted by Crippen LogP contribution is -2.41. The van der Waals surface area contributed by atoms with E-state index in [2.05, 4.69) is 16.9 Å². The highest BCUT2D eigenvalue weighted by Crippen LogP contribution is 2.47. The van der Waals surface area contributed by atoms with Gasteiger partial charge in [-0.3, -0.25) is 0 Å². The molecule has 2 heterocycles. The number of rotatable bonds is 3. The van der Waals surface area contributed by atoms with Crippen LogP contribution in [-0.4, -0.2) is 19.3 Å². The van der Waals surface area contributed by atoms with E-state index in [0.29, 0.717) is 11.1 Å². The molecule has 7 nitrogen and oxygen atoms in total. The third kappa shape index (κ3) is 3.31. The Labute approximate surface area is 166 Å². The van der Waals surface area contributed by atoms with E-state index in [9.17, 15) is 14.4 Å². The van der Waals surface area contributed by atoms with Gasteiger partial charge in [0.05, 0.1) is 24.3 Å². The van der Waals surface area contributed by atoms with Gasteiger partial charge < -0.3 is 15.2 Å². The van der Waals surface area contributed by atoms with Gasteiger partial charge in [-0.2, -0.15) is 5.26 Å². The van der Waals surface area contributed by atoms with Crippen molar-refractivity contribution in [1.29, 1.82) is 5.26 Å². The lowest BCUT2D eigenvalue weighted by atomic mass is 9.74. The van der Waals surface area contributed by atoms with Crippen LogP contribution in [0.3, 0.4) is 0 Å². The summed E-state index contributed by atoms with van der Waals surface area (Å²) in [6.07, 6.45) is -0.479. The highest BCUT2D eigenvalue weighted by molar-refractivity contribution is 5.89. The largest absolute Gasteiger partial charge is 0.465 e. The minimum atomic E-state index is -0.479. The van der Waals surface area contributed by atoms with E-state index in [0.717, 1.165) is 11.1 Å². The smallest absolute Gasteiger partial charge is 0.337 e. The summed E-state index contributed by atoms with van der Waals surface area (Å²) >= 11 is 0. The second-order valence-corrected chi connectivity index (χ2v) is 6.91. The Morgan fingerprint density at radius 3 is 2.41 bits per heavy atom. The van der Waals surface area contributed by atoms with Gasteiger partial charge in [0, 0.05) is 11.8 Å². The van der Waals surface area contributed by atoms with Gasteiger partial charge in [0.2, 0.25) is 5.88 Å². The first-order valence-electron chi connectivity index (χ1n) is 9.04. The maximum absolute atomic E-state index is 13.4. The van der Waals surface area contributed by atoms with Gasteiger partial charge in [-0.15, -0.1) is 0 Å². The number of hydrogen-bond acceptors (Lipinski definition) is 7. The van der Waals surface area contributed by atoms with Crippen LogP contribution in [0.4, 0.5) is 4.39 Å². The van der Waals surface area contributed by atoms with E-state index in [4.69, 9.17) is 15.2 Å². The number of methoxy groups -OCH3 is 1. The third-order valence-corrected chi connectivity index (χ3v) is 5.37. The number of nitriles is 1. The molecule has 0 spiro atoms. The first-order valence-corrected chi connectivity index (χ1v) is 9.04. The molecule has 0 aliphatic carbocycles. The fourth-order valence-corrected chi connectivity index (χ4v) is 3.99. The number of esters is 1. The van der Waals surface area contributed by atoms with E-state index in [-0.39, 0.29) is 29.6 Å². The molecule has 0 bridgehead atoms. The van der Waals surface area contributed by atoms with Crippen LogP contribution >= 0.6 is 0 Å². The normalized spacial score (nSPS) is 25.7. The highest BCUT2D eigenvalue weighted by Gasteiger charge is 2.49. The lowest BCUT2D eigenvalue weighted by molar-refractivity contribution is 0.0340. The molecule has 4 atom stereocenters. The van der Waals surface area contributed by atoms with Crippen molar-refractivity contribution in [3.63, 3.8) is 0 Å². The van der Waals surface area contributed by atoms with Gasteiger partial charge in [-0.05, 0) is 35.4 Å². The Morgan fingerprint density at radius 2 is 1.79 bits per heavy atom. The third-order valence-electron chi connectivity index (χ3n) is 5.37. The number of hydrazine groups is 1. The molecular formula is C21H19FN4O3. The summed E-state index contributed by atoms with van der Waals surface area (Å²) in [6.45, 7) is 0. The molecule has 0 radical (unpaired) electrons. The number of benzene rings is 2. The predicted molar refractivity (Wildman–Crippen MR) is 101 cm³/mol. The molecular weight excluding hydrogens is 375 g/mol. The fourth-order valence-electron chi connectivity index (χ4n) is 3.99. The monoisotopic (exact) mass is 394 g/mol. The molecule has 8 heteroatoms. The quantitative estimate of drug-likeness (QED) is 0.685. The molecule has 1 saturated heterocycles. The molecule has 4 unspecified atom stereocenters. The van der Waals surface area contributed by atoms with Crippen molar-refractivity contribution in [2.75, 3.05) is 7.11 Å². The molecule has 1 fully saturated rings. The second-order valence-electron chi connectivity index (χ2n) is 6.91. The molecule has 2 aromatic carbocycles. The minimum absolute atomic E-state index is 0.0600. The number of nitrogens with one attached hydrogen (secondary N) is 2. The second kappa shape index (κ2) is 7.54. The summed E-state index contributed by atoms with van der Waals surface area (Å²) in [7, 11) is 1.32. The van der Waals surface area contributed by atoms with Crippen molar-refractivity contribution in [2.24, 2.45) is 11.7 Å². The van der Waals surface area contributed by atoms with Crippen molar-refractivity contribution >= 4 is 5.97 Å². The number of halogens is 1. The first-order chi connectivity index (χ1) is 14.0. The van der Waals surface area contributed by atoms with Gasteiger partial charge in [0.1, 0.15) is 11.9 Å². The fraction of sp³-hybridized carbons (Fsp3) is 0.238. The molecule has 4 rings (SSSR count). The van der Waals surface area contributed by atoms with E-state index >= 15 is 0 Å². The van der Waals surface area contributed by atoms with Gasteiger partial charge in [-0.25, -0.2) is 20.0 Å². The van der Waals surface area contributed by atoms with Crippen LogP contribution < -0.4 is 16.6 Å². The average Bonchev–Trinajstić information content (AvgIpc) is 3.16. The number of nitrogens with two attached hydrogens (primary N) is 1. The predicted octanol–water partition coefficient (Wildman–Crippen LogP) is 2.21. The standard InChI is InChI=1S/C21H19FN4O3/c1-28-21(27)13-4-2-11(3-5-13)16-15(10-23)19(24)29-20-17(16)18(25-26-20)12-6-8-14(22)9-7-12/h2-9,16-18,20,25-26H,24H2,1H3. The highest BCUT2D eigenvalue weighted by atomic mass is 19.1. The van der Waals surface area contributed by atoms with Crippen LogP contribution in [0.15, 0.2) is 60.0 Å². The SMILES string of the molecule is COC(=O)c1ccc(C2C(C#N)=C(N)OC3NNC(c4ccc(F)cc4)C32)cc1. The lowest BCUT2D eigenvalue weighted by Gasteiger charge is -2.36. The zero-order chi connectivity index (χ0) is 20.5. The summed E-state index contributed by atoms with van der Waals surface area (Å²) in [5.41, 5.74) is 14.7. The van der Waals surface area contributed by atoms with Crippen molar-refractivity contribution in [2.45, 2.75) is 18.2 Å². The number of hydrogen-bond donors (Lipinski definition) is 3. The number of fused-ring (bicyclic) bond motifs is 1. The molecule has 4 N–H and O–H groups in total. The minimum Gasteiger partial charge on any atom is -0.465 e. The zero-order valence-corrected chi connectivity index (χ0v) is 15.6. The van der Waals surface area contributed by atoms with Crippen LogP contribution in [0.2, 0.25) is 0 Å². The number of carbonyl (C=O) groups is 1. The van der Waals surface area contributed by atoms with Gasteiger partial charge >= 0.3 is 5.97 Å². The van der Waals surface area contributed by atoms with Crippen molar-refractivity contribution < 1.29 is 18.7 Å². The summed E-state index contributed by atoms with van der Waals surface area (Å²) in [5.74, 6) is -1.32. The molecule has 0 aromatic heterocycles. The van der Waals surface area contributed by atoms with Crippen LogP contribution in [0, 0.1) is 23.1 Å². The van der Waals surface area contributed by atoms with Crippen LogP contribution in [0.5, 0.6) is 0 Å². The number of allylic oxidation sites excluding steroid dienone is 1. The summed E-state index contributed by atoms with van der Waals surface area (Å²) in [5, 5.41) is 9.75. The van der Waals surface area contributed by atoms with Gasteiger partial charge in [0.15, 0.2) is 6.23 Å². The van der Waals surface area contributed by atoms with Crippen LogP contribution in [-0.2, 0) is 9.47 Å². The molecule has 0 saturated carbocycles. The summed E-state index contributed by atoms with van der Waals surface area (Å²) in [4.78, 5) is 11.7. The summed E-state index contributed by atoms with van der Waals surface area (Å²) < 4.78 is 23.9. The average molecular weight is 394 g/mol. The van der Waals surface area contributed by atoms with E-state index in [1.165, 1.54) is 19.2 Å². The Hall–Kier alpha value is -3.41. The number of ether oxygens (including phenoxy) is 2.